The van der Waals surface area contributed by atoms with Crippen molar-refractivity contribution < 1.29 is 9.59 Å². The van der Waals surface area contributed by atoms with Gasteiger partial charge in [-0.15, -0.1) is 0 Å². The van der Waals surface area contributed by atoms with Gasteiger partial charge in [-0.3, -0.25) is 9.59 Å². The standard InChI is InChI=1S/C24H38BrN3O2S/c1-8-9-10-19(16(3)25)31-28(7)23(4,5)22(30)27-20-15(2)11-17-12-18(20)14-24(6,13-17)21(26)29/h8-10,15,17-18,20H,3,11-14H2,1-2,4-7H3,(H2,26,29)(H,27,30)/b9-8-,19-10+. The Morgan fingerprint density at radius 1 is 1.32 bits per heavy atom. The van der Waals surface area contributed by atoms with Gasteiger partial charge in [0.25, 0.3) is 0 Å². The number of amides is 2. The average molecular weight is 513 g/mol. The first-order valence-corrected chi connectivity index (χ1v) is 12.6. The molecule has 0 aromatic heterocycles. The third kappa shape index (κ3) is 6.05. The molecule has 5 nitrogen and oxygen atoms in total. The number of hydrogen-bond donors (Lipinski definition) is 2. The van der Waals surface area contributed by atoms with Crippen molar-refractivity contribution in [1.29, 1.82) is 0 Å². The molecule has 31 heavy (non-hydrogen) atoms. The Bertz CT molecular complexity index is 777. The van der Waals surface area contributed by atoms with Crippen LogP contribution in [-0.2, 0) is 9.59 Å². The van der Waals surface area contributed by atoms with Crippen molar-refractivity contribution in [3.63, 3.8) is 0 Å². The summed E-state index contributed by atoms with van der Waals surface area (Å²) in [6, 6.07) is 0.0598. The van der Waals surface area contributed by atoms with Crippen LogP contribution in [0.3, 0.4) is 0 Å². The molecule has 0 spiro atoms. The van der Waals surface area contributed by atoms with Gasteiger partial charge in [0.15, 0.2) is 0 Å². The Labute approximate surface area is 200 Å². The van der Waals surface area contributed by atoms with E-state index in [4.69, 9.17) is 5.73 Å². The molecule has 0 aliphatic heterocycles. The predicted molar refractivity (Wildman–Crippen MR) is 134 cm³/mol. The molecule has 0 aromatic carbocycles. The Kier molecular flexibility index (Phi) is 8.67. The molecule has 174 valence electrons. The van der Waals surface area contributed by atoms with E-state index in [0.717, 1.165) is 35.1 Å². The monoisotopic (exact) mass is 511 g/mol. The summed E-state index contributed by atoms with van der Waals surface area (Å²) in [6.07, 6.45) is 9.58. The topological polar surface area (TPSA) is 75.4 Å². The van der Waals surface area contributed by atoms with Gasteiger partial charge in [0, 0.05) is 20.8 Å². The molecule has 0 saturated heterocycles. The molecule has 2 bridgehead atoms. The minimum absolute atomic E-state index is 0.00489. The molecule has 2 aliphatic rings. The molecular formula is C24H38BrN3O2S. The first-order valence-electron chi connectivity index (χ1n) is 11.0. The number of primary amides is 1. The van der Waals surface area contributed by atoms with Crippen LogP contribution < -0.4 is 11.1 Å². The normalized spacial score (nSPS) is 31.7. The van der Waals surface area contributed by atoms with Crippen LogP contribution in [0.25, 0.3) is 0 Å². The summed E-state index contributed by atoms with van der Waals surface area (Å²) in [4.78, 5) is 26.5. The molecule has 5 unspecified atom stereocenters. The second kappa shape index (κ2) is 10.3. The van der Waals surface area contributed by atoms with Crippen LogP contribution in [0.5, 0.6) is 0 Å². The summed E-state index contributed by atoms with van der Waals surface area (Å²) in [5, 5.41) is 3.35. The molecule has 2 rings (SSSR count). The largest absolute Gasteiger partial charge is 0.369 e. The van der Waals surface area contributed by atoms with Gasteiger partial charge < -0.3 is 11.1 Å². The molecule has 3 N–H and O–H groups in total. The maximum atomic E-state index is 13.4. The first kappa shape index (κ1) is 26.2. The van der Waals surface area contributed by atoms with Crippen molar-refractivity contribution in [2.24, 2.45) is 28.9 Å². The fourth-order valence-corrected chi connectivity index (χ4v) is 6.23. The smallest absolute Gasteiger partial charge is 0.241 e. The van der Waals surface area contributed by atoms with Crippen molar-refractivity contribution in [3.8, 4) is 0 Å². The molecule has 0 heterocycles. The zero-order valence-corrected chi connectivity index (χ0v) is 22.1. The zero-order valence-electron chi connectivity index (χ0n) is 19.7. The third-order valence-corrected chi connectivity index (χ3v) is 9.09. The molecular weight excluding hydrogens is 474 g/mol. The highest BCUT2D eigenvalue weighted by Gasteiger charge is 2.49. The molecule has 0 radical (unpaired) electrons. The Morgan fingerprint density at radius 2 is 1.97 bits per heavy atom. The van der Waals surface area contributed by atoms with Crippen LogP contribution in [0.1, 0.15) is 60.3 Å². The van der Waals surface area contributed by atoms with Crippen LogP contribution in [-0.4, -0.2) is 34.7 Å². The van der Waals surface area contributed by atoms with Crippen LogP contribution in [0.15, 0.2) is 34.2 Å². The van der Waals surface area contributed by atoms with Gasteiger partial charge >= 0.3 is 0 Å². The van der Waals surface area contributed by atoms with E-state index in [9.17, 15) is 9.59 Å². The first-order chi connectivity index (χ1) is 14.3. The lowest BCUT2D eigenvalue weighted by atomic mass is 9.57. The van der Waals surface area contributed by atoms with E-state index in [2.05, 4.69) is 34.7 Å². The van der Waals surface area contributed by atoms with Gasteiger partial charge in [-0.25, -0.2) is 4.31 Å². The lowest BCUT2D eigenvalue weighted by molar-refractivity contribution is -0.134. The summed E-state index contributed by atoms with van der Waals surface area (Å²) >= 11 is 4.95. The van der Waals surface area contributed by atoms with Crippen molar-refractivity contribution in [2.75, 3.05) is 7.05 Å². The van der Waals surface area contributed by atoms with Gasteiger partial charge in [0.2, 0.25) is 11.8 Å². The number of rotatable bonds is 8. The number of nitrogens with zero attached hydrogens (tertiary/aromatic N) is 1. The van der Waals surface area contributed by atoms with Gasteiger partial charge in [0.05, 0.1) is 0 Å². The highest BCUT2D eigenvalue weighted by Crippen LogP contribution is 2.50. The number of nitrogens with two attached hydrogens (primary N) is 1. The molecule has 2 amide bonds. The minimum Gasteiger partial charge on any atom is -0.369 e. The lowest BCUT2D eigenvalue weighted by Crippen LogP contribution is -2.59. The molecule has 0 aromatic rings. The maximum absolute atomic E-state index is 13.4. The minimum atomic E-state index is -0.736. The second-order valence-electron chi connectivity index (χ2n) is 10.0. The highest BCUT2D eigenvalue weighted by atomic mass is 79.9. The van der Waals surface area contributed by atoms with E-state index in [1.807, 2.05) is 57.3 Å². The second-order valence-corrected chi connectivity index (χ2v) is 12.1. The number of hydrogen-bond acceptors (Lipinski definition) is 4. The maximum Gasteiger partial charge on any atom is 0.241 e. The number of allylic oxidation sites excluding steroid dienone is 4. The Morgan fingerprint density at radius 3 is 2.52 bits per heavy atom. The van der Waals surface area contributed by atoms with E-state index in [-0.39, 0.29) is 23.8 Å². The number of carbonyl (C=O) groups is 2. The molecule has 2 saturated carbocycles. The van der Waals surface area contributed by atoms with E-state index in [1.54, 1.807) is 0 Å². The summed E-state index contributed by atoms with van der Waals surface area (Å²) in [5.74, 6) is 0.954. The number of halogens is 1. The van der Waals surface area contributed by atoms with E-state index >= 15 is 0 Å². The van der Waals surface area contributed by atoms with Gasteiger partial charge in [-0.2, -0.15) is 0 Å². The van der Waals surface area contributed by atoms with Crippen LogP contribution in [0.2, 0.25) is 0 Å². The number of nitrogens with one attached hydrogen (secondary N) is 1. The average Bonchev–Trinajstić information content (AvgIpc) is 2.66. The Balaban J connectivity index is 2.14. The summed E-state index contributed by atoms with van der Waals surface area (Å²) in [7, 11) is 1.93. The SMILES string of the molecule is C=C(Br)/C(=C\C=C/C)SN(C)C(C)(C)C(=O)NC1C(C)CC2CC1CC(C)(C(N)=O)C2. The van der Waals surface area contributed by atoms with Crippen LogP contribution in [0.4, 0.5) is 0 Å². The highest BCUT2D eigenvalue weighted by molar-refractivity contribution is 9.12. The van der Waals surface area contributed by atoms with Gasteiger partial charge in [-0.1, -0.05) is 48.5 Å². The summed E-state index contributed by atoms with van der Waals surface area (Å²) < 4.78 is 2.74. The van der Waals surface area contributed by atoms with Crippen molar-refractivity contribution in [3.05, 3.63) is 34.2 Å². The zero-order chi connectivity index (χ0) is 23.6. The number of likely N-dealkylation sites (N-methyl/N-ethyl adjacent to an activating group) is 1. The molecule has 7 heteroatoms. The van der Waals surface area contributed by atoms with Crippen molar-refractivity contribution in [2.45, 2.75) is 71.9 Å². The molecule has 2 fully saturated rings. The summed E-state index contributed by atoms with van der Waals surface area (Å²) in [6.45, 7) is 14.0. The molecule has 2 aliphatic carbocycles. The van der Waals surface area contributed by atoms with Crippen molar-refractivity contribution in [1.82, 2.24) is 9.62 Å². The number of carbonyl (C=O) groups excluding carboxylic acids is 2. The fourth-order valence-electron chi connectivity index (χ4n) is 5.03. The van der Waals surface area contributed by atoms with Gasteiger partial charge in [-0.05, 0) is 89.3 Å². The quantitative estimate of drug-likeness (QED) is 0.349. The third-order valence-electron chi connectivity index (χ3n) is 7.09. The van der Waals surface area contributed by atoms with E-state index in [1.165, 1.54) is 11.9 Å². The predicted octanol–water partition coefficient (Wildman–Crippen LogP) is 5.15. The fraction of sp³-hybridized carbons (Fsp3) is 0.667. The van der Waals surface area contributed by atoms with E-state index in [0.29, 0.717) is 11.8 Å². The number of fused-ring (bicyclic) bond motifs is 2. The summed E-state index contributed by atoms with van der Waals surface area (Å²) in [5.41, 5.74) is 4.54. The van der Waals surface area contributed by atoms with Gasteiger partial charge in [0.1, 0.15) is 5.54 Å². The lowest BCUT2D eigenvalue weighted by Gasteiger charge is -2.50. The van der Waals surface area contributed by atoms with Crippen molar-refractivity contribution >= 4 is 39.7 Å². The van der Waals surface area contributed by atoms with Crippen LogP contribution >= 0.6 is 27.9 Å². The Hall–Kier alpha value is -1.05. The van der Waals surface area contributed by atoms with E-state index < -0.39 is 11.0 Å². The van der Waals surface area contributed by atoms with Crippen LogP contribution in [0, 0.1) is 23.2 Å². The molecule has 5 atom stereocenters.